The highest BCUT2D eigenvalue weighted by atomic mass is 32.2. The molecule has 2 unspecified atom stereocenters. The van der Waals surface area contributed by atoms with E-state index >= 15 is 0 Å². The minimum absolute atomic E-state index is 0.0125. The molecule has 1 saturated heterocycles. The van der Waals surface area contributed by atoms with Gasteiger partial charge in [0.15, 0.2) is 0 Å². The van der Waals surface area contributed by atoms with Crippen LogP contribution in [0, 0.1) is 0 Å². The average Bonchev–Trinajstić information content (AvgIpc) is 3.15. The van der Waals surface area contributed by atoms with Gasteiger partial charge in [-0.1, -0.05) is 30.3 Å². The summed E-state index contributed by atoms with van der Waals surface area (Å²) < 4.78 is 28.4. The van der Waals surface area contributed by atoms with Crippen LogP contribution in [0.4, 0.5) is 5.69 Å². The van der Waals surface area contributed by atoms with Gasteiger partial charge in [0.25, 0.3) is 0 Å². The Morgan fingerprint density at radius 1 is 1.03 bits per heavy atom. The molecule has 0 saturated carbocycles. The standard InChI is InChI=1S/C23H29N3O3S/c1-17-14-24(15-18(2)26(17)16-20-7-5-4-6-8-20)30(28,29)22-9-10-23-21(13-22)11-12-25(23)19(3)27/h4-10,13,17-18H,11-12,14-16H2,1-3H3. The summed E-state index contributed by atoms with van der Waals surface area (Å²) in [5.74, 6) is -0.0125. The predicted molar refractivity (Wildman–Crippen MR) is 118 cm³/mol. The number of benzene rings is 2. The van der Waals surface area contributed by atoms with Crippen LogP contribution in [-0.2, 0) is 27.8 Å². The van der Waals surface area contributed by atoms with Crippen LogP contribution in [0.3, 0.4) is 0 Å². The molecule has 0 bridgehead atoms. The lowest BCUT2D eigenvalue weighted by Crippen LogP contribution is -2.57. The third kappa shape index (κ3) is 3.89. The average molecular weight is 428 g/mol. The molecule has 2 aliphatic heterocycles. The molecular weight excluding hydrogens is 398 g/mol. The minimum Gasteiger partial charge on any atom is -0.312 e. The fraction of sp³-hybridized carbons (Fsp3) is 0.435. The van der Waals surface area contributed by atoms with Crippen molar-refractivity contribution in [1.29, 1.82) is 0 Å². The molecule has 1 fully saturated rings. The van der Waals surface area contributed by atoms with Crippen molar-refractivity contribution in [1.82, 2.24) is 9.21 Å². The summed E-state index contributed by atoms with van der Waals surface area (Å²) in [6.45, 7) is 8.09. The highest BCUT2D eigenvalue weighted by molar-refractivity contribution is 7.89. The van der Waals surface area contributed by atoms with Gasteiger partial charge in [-0.15, -0.1) is 0 Å². The van der Waals surface area contributed by atoms with Crippen molar-refractivity contribution in [2.45, 2.75) is 50.7 Å². The van der Waals surface area contributed by atoms with E-state index in [2.05, 4.69) is 30.9 Å². The topological polar surface area (TPSA) is 60.9 Å². The Balaban J connectivity index is 1.52. The number of anilines is 1. The summed E-state index contributed by atoms with van der Waals surface area (Å²) in [6.07, 6.45) is 0.690. The van der Waals surface area contributed by atoms with E-state index in [0.29, 0.717) is 31.0 Å². The number of rotatable bonds is 4. The highest BCUT2D eigenvalue weighted by Crippen LogP contribution is 2.32. The number of amides is 1. The fourth-order valence-electron chi connectivity index (χ4n) is 4.63. The van der Waals surface area contributed by atoms with E-state index in [1.165, 1.54) is 12.5 Å². The van der Waals surface area contributed by atoms with Gasteiger partial charge >= 0.3 is 0 Å². The molecule has 0 radical (unpaired) electrons. The summed E-state index contributed by atoms with van der Waals surface area (Å²) in [5.41, 5.74) is 2.99. The van der Waals surface area contributed by atoms with Crippen LogP contribution in [0.1, 0.15) is 31.9 Å². The number of piperazine rings is 1. The lowest BCUT2D eigenvalue weighted by Gasteiger charge is -2.43. The quantitative estimate of drug-likeness (QED) is 0.753. The van der Waals surface area contributed by atoms with Crippen LogP contribution in [0.15, 0.2) is 53.4 Å². The lowest BCUT2D eigenvalue weighted by molar-refractivity contribution is -0.116. The second-order valence-corrected chi connectivity index (χ2v) is 10.3. The number of carbonyl (C=O) groups is 1. The Labute approximate surface area is 179 Å². The molecular formula is C23H29N3O3S. The van der Waals surface area contributed by atoms with Gasteiger partial charge in [-0.2, -0.15) is 4.31 Å². The molecule has 6 nitrogen and oxygen atoms in total. The van der Waals surface area contributed by atoms with Crippen molar-refractivity contribution < 1.29 is 13.2 Å². The van der Waals surface area contributed by atoms with E-state index in [0.717, 1.165) is 17.8 Å². The maximum absolute atomic E-state index is 13.4. The Morgan fingerprint density at radius 2 is 1.70 bits per heavy atom. The van der Waals surface area contributed by atoms with E-state index < -0.39 is 10.0 Å². The maximum atomic E-state index is 13.4. The van der Waals surface area contributed by atoms with Crippen LogP contribution in [0.2, 0.25) is 0 Å². The molecule has 160 valence electrons. The third-order valence-corrected chi connectivity index (χ3v) is 8.07. The molecule has 30 heavy (non-hydrogen) atoms. The maximum Gasteiger partial charge on any atom is 0.243 e. The van der Waals surface area contributed by atoms with E-state index in [4.69, 9.17) is 0 Å². The van der Waals surface area contributed by atoms with Gasteiger partial charge in [-0.3, -0.25) is 9.69 Å². The molecule has 1 amide bonds. The van der Waals surface area contributed by atoms with Crippen LogP contribution in [0.25, 0.3) is 0 Å². The SMILES string of the molecule is CC(=O)N1CCc2cc(S(=O)(=O)N3CC(C)N(Cc4ccccc4)C(C)C3)ccc21. The predicted octanol–water partition coefficient (Wildman–Crippen LogP) is 2.88. The molecule has 2 heterocycles. The lowest BCUT2D eigenvalue weighted by atomic mass is 10.1. The Bertz CT molecular complexity index is 1030. The molecule has 2 aliphatic rings. The number of fused-ring (bicyclic) bond motifs is 1. The van der Waals surface area contributed by atoms with Crippen LogP contribution in [0.5, 0.6) is 0 Å². The summed E-state index contributed by atoms with van der Waals surface area (Å²) >= 11 is 0. The molecule has 0 N–H and O–H groups in total. The van der Waals surface area contributed by atoms with Crippen molar-refractivity contribution in [3.05, 3.63) is 59.7 Å². The highest BCUT2D eigenvalue weighted by Gasteiger charge is 2.36. The smallest absolute Gasteiger partial charge is 0.243 e. The molecule has 2 aromatic carbocycles. The second kappa shape index (κ2) is 8.13. The number of nitrogens with zero attached hydrogens (tertiary/aromatic N) is 3. The van der Waals surface area contributed by atoms with Crippen molar-refractivity contribution in [2.75, 3.05) is 24.5 Å². The van der Waals surface area contributed by atoms with Crippen LogP contribution >= 0.6 is 0 Å². The van der Waals surface area contributed by atoms with E-state index in [9.17, 15) is 13.2 Å². The third-order valence-electron chi connectivity index (χ3n) is 6.24. The van der Waals surface area contributed by atoms with Crippen molar-refractivity contribution in [3.63, 3.8) is 0 Å². The monoisotopic (exact) mass is 427 g/mol. The van der Waals surface area contributed by atoms with Gasteiger partial charge in [0, 0.05) is 50.9 Å². The molecule has 2 atom stereocenters. The van der Waals surface area contributed by atoms with E-state index in [1.54, 1.807) is 27.4 Å². The largest absolute Gasteiger partial charge is 0.312 e. The van der Waals surface area contributed by atoms with Gasteiger partial charge in [0.1, 0.15) is 0 Å². The summed E-state index contributed by atoms with van der Waals surface area (Å²) in [4.78, 5) is 16.2. The first-order valence-corrected chi connectivity index (χ1v) is 11.9. The van der Waals surface area contributed by atoms with E-state index in [1.807, 2.05) is 18.2 Å². The number of hydrogen-bond donors (Lipinski definition) is 0. The van der Waals surface area contributed by atoms with Crippen LogP contribution in [-0.4, -0.2) is 55.2 Å². The zero-order valence-electron chi connectivity index (χ0n) is 17.8. The van der Waals surface area contributed by atoms with Crippen molar-refractivity contribution in [3.8, 4) is 0 Å². The van der Waals surface area contributed by atoms with Gasteiger partial charge in [0.2, 0.25) is 15.9 Å². The summed E-state index contributed by atoms with van der Waals surface area (Å²) in [7, 11) is -3.58. The van der Waals surface area contributed by atoms with E-state index in [-0.39, 0.29) is 18.0 Å². The molecule has 2 aromatic rings. The van der Waals surface area contributed by atoms with Gasteiger partial charge < -0.3 is 4.90 Å². The van der Waals surface area contributed by atoms with Gasteiger partial charge in [0.05, 0.1) is 4.90 Å². The molecule has 4 rings (SSSR count). The van der Waals surface area contributed by atoms with Crippen molar-refractivity contribution in [2.24, 2.45) is 0 Å². The summed E-state index contributed by atoms with van der Waals surface area (Å²) in [5, 5.41) is 0. The number of carbonyl (C=O) groups excluding carboxylic acids is 1. The molecule has 0 aromatic heterocycles. The molecule has 7 heteroatoms. The zero-order valence-corrected chi connectivity index (χ0v) is 18.6. The van der Waals surface area contributed by atoms with Crippen LogP contribution < -0.4 is 4.90 Å². The fourth-order valence-corrected chi connectivity index (χ4v) is 6.28. The second-order valence-electron chi connectivity index (χ2n) is 8.39. The normalized spacial score (nSPS) is 22.8. The van der Waals surface area contributed by atoms with Gasteiger partial charge in [-0.05, 0) is 49.6 Å². The number of sulfonamides is 1. The Morgan fingerprint density at radius 3 is 2.33 bits per heavy atom. The zero-order chi connectivity index (χ0) is 21.5. The Hall–Kier alpha value is -2.22. The first-order chi connectivity index (χ1) is 14.3. The molecule has 0 spiro atoms. The minimum atomic E-state index is -3.58. The first-order valence-electron chi connectivity index (χ1n) is 10.5. The first kappa shape index (κ1) is 21.0. The Kier molecular flexibility index (Phi) is 5.70. The summed E-state index contributed by atoms with van der Waals surface area (Å²) in [6, 6.07) is 15.7. The van der Waals surface area contributed by atoms with Gasteiger partial charge in [-0.25, -0.2) is 8.42 Å². The van der Waals surface area contributed by atoms with Crippen molar-refractivity contribution >= 4 is 21.6 Å². The molecule has 0 aliphatic carbocycles. The number of hydrogen-bond acceptors (Lipinski definition) is 4.